The first-order valence-corrected chi connectivity index (χ1v) is 9.83. The SMILES string of the molecule is COc1ccc([C@](c2ccc(O)cc2)(c2ccc(C)[nH]2)c2ccccc2OC)cc1. The number of aromatic hydroxyl groups is 1. The number of phenols is 1. The lowest BCUT2D eigenvalue weighted by Gasteiger charge is -2.36. The highest BCUT2D eigenvalue weighted by Crippen LogP contribution is 2.48. The molecular formula is C26H25NO3. The van der Waals surface area contributed by atoms with Crippen molar-refractivity contribution in [3.8, 4) is 17.2 Å². The summed E-state index contributed by atoms with van der Waals surface area (Å²) in [5.74, 6) is 1.81. The fourth-order valence-corrected chi connectivity index (χ4v) is 4.16. The molecule has 4 aromatic rings. The lowest BCUT2D eigenvalue weighted by molar-refractivity contribution is 0.404. The Kier molecular flexibility index (Phi) is 5.23. The van der Waals surface area contributed by atoms with Crippen LogP contribution in [0.25, 0.3) is 0 Å². The van der Waals surface area contributed by atoms with Crippen LogP contribution in [-0.2, 0) is 5.41 Å². The van der Waals surface area contributed by atoms with Crippen LogP contribution in [0.2, 0.25) is 0 Å². The molecule has 0 bridgehead atoms. The van der Waals surface area contributed by atoms with E-state index in [0.29, 0.717) is 0 Å². The van der Waals surface area contributed by atoms with Crippen LogP contribution in [-0.4, -0.2) is 24.3 Å². The maximum absolute atomic E-state index is 9.96. The molecule has 0 amide bonds. The number of nitrogens with one attached hydrogen (secondary N) is 1. The minimum Gasteiger partial charge on any atom is -0.508 e. The average molecular weight is 399 g/mol. The summed E-state index contributed by atoms with van der Waals surface area (Å²) in [6.07, 6.45) is 0. The standard InChI is InChI=1S/C26H25NO3/c1-18-8-17-25(27-18)26(19-9-13-21(28)14-10-19,20-11-15-22(29-2)16-12-20)23-6-4-5-7-24(23)30-3/h4-17,27-28H,1-3H3/t26-/m0/s1. The Hall–Kier alpha value is -3.66. The van der Waals surface area contributed by atoms with Gasteiger partial charge in [-0.05, 0) is 60.5 Å². The number of aromatic nitrogens is 1. The minimum atomic E-state index is -0.680. The Bertz CT molecular complexity index is 1130. The van der Waals surface area contributed by atoms with Gasteiger partial charge in [-0.15, -0.1) is 0 Å². The van der Waals surface area contributed by atoms with Crippen molar-refractivity contribution in [2.75, 3.05) is 14.2 Å². The third kappa shape index (κ3) is 3.20. The first-order chi connectivity index (χ1) is 14.6. The Balaban J connectivity index is 2.13. The molecular weight excluding hydrogens is 374 g/mol. The highest BCUT2D eigenvalue weighted by Gasteiger charge is 2.41. The Morgan fingerprint density at radius 3 is 1.93 bits per heavy atom. The average Bonchev–Trinajstić information content (AvgIpc) is 3.22. The summed E-state index contributed by atoms with van der Waals surface area (Å²) < 4.78 is 11.2. The lowest BCUT2D eigenvalue weighted by atomic mass is 9.67. The number of phenolic OH excluding ortho intramolecular Hbond substituents is 1. The Labute approximate surface area is 176 Å². The normalized spacial score (nSPS) is 12.9. The second kappa shape index (κ2) is 7.99. The third-order valence-electron chi connectivity index (χ3n) is 5.57. The molecule has 4 nitrogen and oxygen atoms in total. The quantitative estimate of drug-likeness (QED) is 0.425. The number of methoxy groups -OCH3 is 2. The summed E-state index contributed by atoms with van der Waals surface area (Å²) >= 11 is 0. The fourth-order valence-electron chi connectivity index (χ4n) is 4.16. The predicted molar refractivity (Wildman–Crippen MR) is 119 cm³/mol. The molecule has 0 unspecified atom stereocenters. The zero-order chi connectivity index (χ0) is 21.1. The molecule has 0 aliphatic heterocycles. The Morgan fingerprint density at radius 2 is 1.37 bits per heavy atom. The first kappa shape index (κ1) is 19.6. The van der Waals surface area contributed by atoms with Crippen molar-refractivity contribution in [1.82, 2.24) is 4.98 Å². The number of H-pyrrole nitrogens is 1. The van der Waals surface area contributed by atoms with Crippen LogP contribution >= 0.6 is 0 Å². The van der Waals surface area contributed by atoms with E-state index in [4.69, 9.17) is 9.47 Å². The number of para-hydroxylation sites is 1. The van der Waals surface area contributed by atoms with Crippen LogP contribution in [0, 0.1) is 6.92 Å². The van der Waals surface area contributed by atoms with Gasteiger partial charge in [0.2, 0.25) is 0 Å². The maximum Gasteiger partial charge on any atom is 0.123 e. The molecule has 1 heterocycles. The molecule has 0 radical (unpaired) electrons. The number of aryl methyl sites for hydroxylation is 1. The van der Waals surface area contributed by atoms with Crippen molar-refractivity contribution in [2.45, 2.75) is 12.3 Å². The van der Waals surface area contributed by atoms with Crippen LogP contribution < -0.4 is 9.47 Å². The topological polar surface area (TPSA) is 54.5 Å². The molecule has 0 saturated heterocycles. The van der Waals surface area contributed by atoms with Gasteiger partial charge in [0, 0.05) is 17.0 Å². The van der Waals surface area contributed by atoms with E-state index in [-0.39, 0.29) is 5.75 Å². The van der Waals surface area contributed by atoms with Crippen molar-refractivity contribution in [3.05, 3.63) is 113 Å². The van der Waals surface area contributed by atoms with Crippen LogP contribution in [0.1, 0.15) is 28.1 Å². The van der Waals surface area contributed by atoms with Gasteiger partial charge in [-0.25, -0.2) is 0 Å². The van der Waals surface area contributed by atoms with E-state index in [1.807, 2.05) is 49.4 Å². The first-order valence-electron chi connectivity index (χ1n) is 9.83. The fraction of sp³-hybridized carbons (Fsp3) is 0.154. The molecule has 0 aliphatic rings. The van der Waals surface area contributed by atoms with E-state index < -0.39 is 5.41 Å². The van der Waals surface area contributed by atoms with Gasteiger partial charge in [0.15, 0.2) is 0 Å². The molecule has 0 saturated carbocycles. The summed E-state index contributed by atoms with van der Waals surface area (Å²) in [5.41, 5.74) is 4.47. The second-order valence-electron chi connectivity index (χ2n) is 7.28. The van der Waals surface area contributed by atoms with Crippen molar-refractivity contribution in [3.63, 3.8) is 0 Å². The lowest BCUT2D eigenvalue weighted by Crippen LogP contribution is -2.32. The molecule has 2 N–H and O–H groups in total. The molecule has 1 aromatic heterocycles. The zero-order valence-corrected chi connectivity index (χ0v) is 17.3. The van der Waals surface area contributed by atoms with E-state index in [9.17, 15) is 5.11 Å². The molecule has 1 atom stereocenters. The van der Waals surface area contributed by atoms with E-state index >= 15 is 0 Å². The number of hydrogen-bond acceptors (Lipinski definition) is 3. The zero-order valence-electron chi connectivity index (χ0n) is 17.3. The van der Waals surface area contributed by atoms with Gasteiger partial charge in [-0.1, -0.05) is 42.5 Å². The van der Waals surface area contributed by atoms with E-state index in [1.165, 1.54) is 0 Å². The summed E-state index contributed by atoms with van der Waals surface area (Å²) in [6.45, 7) is 2.04. The van der Waals surface area contributed by atoms with Gasteiger partial charge >= 0.3 is 0 Å². The Morgan fingerprint density at radius 1 is 0.733 bits per heavy atom. The van der Waals surface area contributed by atoms with Crippen molar-refractivity contribution < 1.29 is 14.6 Å². The molecule has 0 fully saturated rings. The van der Waals surface area contributed by atoms with Crippen molar-refractivity contribution in [1.29, 1.82) is 0 Å². The molecule has 0 spiro atoms. The van der Waals surface area contributed by atoms with E-state index in [1.54, 1.807) is 26.4 Å². The highest BCUT2D eigenvalue weighted by atomic mass is 16.5. The highest BCUT2D eigenvalue weighted by molar-refractivity contribution is 5.62. The van der Waals surface area contributed by atoms with E-state index in [2.05, 4.69) is 35.3 Å². The smallest absolute Gasteiger partial charge is 0.123 e. The van der Waals surface area contributed by atoms with E-state index in [0.717, 1.165) is 39.6 Å². The van der Waals surface area contributed by atoms with Gasteiger partial charge < -0.3 is 19.6 Å². The monoisotopic (exact) mass is 399 g/mol. The summed E-state index contributed by atoms with van der Waals surface area (Å²) in [7, 11) is 3.35. The number of hydrogen-bond donors (Lipinski definition) is 2. The van der Waals surface area contributed by atoms with Crippen molar-refractivity contribution >= 4 is 0 Å². The maximum atomic E-state index is 9.96. The number of ether oxygens (including phenoxy) is 2. The third-order valence-corrected chi connectivity index (χ3v) is 5.57. The predicted octanol–water partition coefficient (Wildman–Crippen LogP) is 5.43. The summed E-state index contributed by atoms with van der Waals surface area (Å²) in [4.78, 5) is 3.56. The molecule has 0 aliphatic carbocycles. The van der Waals surface area contributed by atoms with Crippen molar-refractivity contribution in [2.24, 2.45) is 0 Å². The van der Waals surface area contributed by atoms with Gasteiger partial charge in [-0.3, -0.25) is 0 Å². The molecule has 152 valence electrons. The van der Waals surface area contributed by atoms with Crippen LogP contribution in [0.5, 0.6) is 17.2 Å². The van der Waals surface area contributed by atoms with Gasteiger partial charge in [0.25, 0.3) is 0 Å². The number of aromatic amines is 1. The second-order valence-corrected chi connectivity index (χ2v) is 7.28. The largest absolute Gasteiger partial charge is 0.508 e. The van der Waals surface area contributed by atoms with Crippen LogP contribution in [0.15, 0.2) is 84.9 Å². The summed E-state index contributed by atoms with van der Waals surface area (Å²) in [5, 5.41) is 9.96. The van der Waals surface area contributed by atoms with Crippen LogP contribution in [0.4, 0.5) is 0 Å². The summed E-state index contributed by atoms with van der Waals surface area (Å²) in [6, 6.07) is 27.7. The van der Waals surface area contributed by atoms with Gasteiger partial charge in [-0.2, -0.15) is 0 Å². The molecule has 4 rings (SSSR count). The van der Waals surface area contributed by atoms with Gasteiger partial charge in [0.05, 0.1) is 19.6 Å². The molecule has 3 aromatic carbocycles. The molecule has 30 heavy (non-hydrogen) atoms. The number of rotatable bonds is 6. The minimum absolute atomic E-state index is 0.227. The van der Waals surface area contributed by atoms with Crippen LogP contribution in [0.3, 0.4) is 0 Å². The molecule has 4 heteroatoms. The number of benzene rings is 3. The van der Waals surface area contributed by atoms with Gasteiger partial charge in [0.1, 0.15) is 17.2 Å².